The second kappa shape index (κ2) is 1.51. The summed E-state index contributed by atoms with van der Waals surface area (Å²) < 4.78 is 1.31. The molecule has 2 aliphatic rings. The van der Waals surface area contributed by atoms with Crippen molar-refractivity contribution >= 4 is 0 Å². The summed E-state index contributed by atoms with van der Waals surface area (Å²) in [4.78, 5) is 0. The van der Waals surface area contributed by atoms with Crippen LogP contribution < -0.4 is 0 Å². The van der Waals surface area contributed by atoms with Crippen molar-refractivity contribution in [1.29, 1.82) is 0 Å². The quantitative estimate of drug-likeness (QED) is 0.428. The highest BCUT2D eigenvalue weighted by Crippen LogP contribution is 2.40. The van der Waals surface area contributed by atoms with E-state index in [1.807, 2.05) is 0 Å². The number of nitrogens with zero attached hydrogens (tertiary/aromatic N) is 1. The molecule has 0 spiro atoms. The Kier molecular flexibility index (Phi) is 0.963. The summed E-state index contributed by atoms with van der Waals surface area (Å²) >= 11 is 0. The SMILES string of the molecule is C[N+]1(C)CC2CC[C@H]1C2. The Morgan fingerprint density at radius 2 is 2.00 bits per heavy atom. The van der Waals surface area contributed by atoms with Crippen LogP contribution in [-0.2, 0) is 0 Å². The van der Waals surface area contributed by atoms with Gasteiger partial charge in [0.05, 0.1) is 26.7 Å². The molecule has 1 saturated carbocycles. The smallest absolute Gasteiger partial charge is 0.0891 e. The van der Waals surface area contributed by atoms with Crippen molar-refractivity contribution in [3.05, 3.63) is 0 Å². The molecule has 1 heterocycles. The van der Waals surface area contributed by atoms with Crippen LogP contribution in [-0.4, -0.2) is 31.2 Å². The summed E-state index contributed by atoms with van der Waals surface area (Å²) in [6, 6.07) is 1.02. The fraction of sp³-hybridized carbons (Fsp3) is 1.00. The molecule has 0 N–H and O–H groups in total. The van der Waals surface area contributed by atoms with E-state index in [0.717, 1.165) is 12.0 Å². The standard InChI is InChI=1S/C8H16N/c1-9(2)6-7-3-4-8(9)5-7/h7-8H,3-6H2,1-2H3/q+1/t7?,8-/m0/s1. The van der Waals surface area contributed by atoms with Gasteiger partial charge in [0, 0.05) is 12.3 Å². The van der Waals surface area contributed by atoms with Gasteiger partial charge in [-0.05, 0) is 12.8 Å². The Hall–Kier alpha value is -0.0400. The average Bonchev–Trinajstić information content (AvgIpc) is 2.19. The lowest BCUT2D eigenvalue weighted by Gasteiger charge is -2.33. The molecular formula is C8H16N+. The van der Waals surface area contributed by atoms with Crippen LogP contribution in [0.2, 0.25) is 0 Å². The van der Waals surface area contributed by atoms with E-state index in [9.17, 15) is 0 Å². The first-order valence-corrected chi connectivity index (χ1v) is 4.01. The summed E-state index contributed by atoms with van der Waals surface area (Å²) in [6.07, 6.45) is 4.54. The molecule has 0 radical (unpaired) electrons. The molecule has 9 heavy (non-hydrogen) atoms. The van der Waals surface area contributed by atoms with Crippen LogP contribution in [0.4, 0.5) is 0 Å². The number of hydrogen-bond acceptors (Lipinski definition) is 0. The van der Waals surface area contributed by atoms with Crippen molar-refractivity contribution in [2.24, 2.45) is 5.92 Å². The topological polar surface area (TPSA) is 0 Å². The fourth-order valence-corrected chi connectivity index (χ4v) is 2.66. The van der Waals surface area contributed by atoms with Crippen LogP contribution in [0.3, 0.4) is 0 Å². The van der Waals surface area contributed by atoms with E-state index in [1.54, 1.807) is 0 Å². The molecule has 0 amide bonds. The van der Waals surface area contributed by atoms with E-state index < -0.39 is 0 Å². The summed E-state index contributed by atoms with van der Waals surface area (Å²) in [6.45, 7) is 1.45. The predicted molar refractivity (Wildman–Crippen MR) is 38.1 cm³/mol. The second-order valence-corrected chi connectivity index (χ2v) is 4.29. The summed E-state index contributed by atoms with van der Waals surface area (Å²) in [5, 5.41) is 0. The lowest BCUT2D eigenvalue weighted by Crippen LogP contribution is -2.45. The first kappa shape index (κ1) is 5.72. The maximum Gasteiger partial charge on any atom is 0.0891 e. The van der Waals surface area contributed by atoms with Gasteiger partial charge in [0.25, 0.3) is 0 Å². The Morgan fingerprint density at radius 1 is 1.22 bits per heavy atom. The maximum atomic E-state index is 2.38. The number of likely N-dealkylation sites (tertiary alicyclic amines) is 1. The van der Waals surface area contributed by atoms with E-state index in [-0.39, 0.29) is 0 Å². The van der Waals surface area contributed by atoms with Gasteiger partial charge in [-0.15, -0.1) is 0 Å². The summed E-state index contributed by atoms with van der Waals surface area (Å²) in [5.74, 6) is 1.09. The fourth-order valence-electron chi connectivity index (χ4n) is 2.66. The van der Waals surface area contributed by atoms with Gasteiger partial charge in [-0.1, -0.05) is 0 Å². The highest BCUT2D eigenvalue weighted by molar-refractivity contribution is 4.82. The zero-order valence-electron chi connectivity index (χ0n) is 6.43. The number of quaternary nitrogens is 1. The van der Waals surface area contributed by atoms with Gasteiger partial charge in [-0.3, -0.25) is 0 Å². The van der Waals surface area contributed by atoms with Crippen molar-refractivity contribution in [3.63, 3.8) is 0 Å². The maximum absolute atomic E-state index is 2.38. The van der Waals surface area contributed by atoms with Crippen LogP contribution in [0.15, 0.2) is 0 Å². The monoisotopic (exact) mass is 126 g/mol. The molecule has 1 heteroatoms. The van der Waals surface area contributed by atoms with Crippen LogP contribution in [0.25, 0.3) is 0 Å². The van der Waals surface area contributed by atoms with Gasteiger partial charge in [0.15, 0.2) is 0 Å². The van der Waals surface area contributed by atoms with Gasteiger partial charge in [0.1, 0.15) is 0 Å². The van der Waals surface area contributed by atoms with Crippen molar-refractivity contribution in [3.8, 4) is 0 Å². The van der Waals surface area contributed by atoms with Crippen molar-refractivity contribution in [2.75, 3.05) is 20.6 Å². The first-order chi connectivity index (χ1) is 4.18. The van der Waals surface area contributed by atoms with Gasteiger partial charge in [-0.25, -0.2) is 0 Å². The Bertz CT molecular complexity index is 129. The van der Waals surface area contributed by atoms with Crippen LogP contribution >= 0.6 is 0 Å². The van der Waals surface area contributed by atoms with E-state index in [0.29, 0.717) is 0 Å². The summed E-state index contributed by atoms with van der Waals surface area (Å²) in [7, 11) is 4.76. The Balaban J connectivity index is 2.18. The predicted octanol–water partition coefficient (Wildman–Crippen LogP) is 1.25. The molecule has 1 saturated heterocycles. The number of hydrogen-bond donors (Lipinski definition) is 0. The van der Waals surface area contributed by atoms with E-state index in [4.69, 9.17) is 0 Å². The van der Waals surface area contributed by atoms with Crippen LogP contribution in [0.1, 0.15) is 19.3 Å². The minimum Gasteiger partial charge on any atom is -0.326 e. The van der Waals surface area contributed by atoms with Gasteiger partial charge in [-0.2, -0.15) is 0 Å². The van der Waals surface area contributed by atoms with Crippen molar-refractivity contribution in [2.45, 2.75) is 25.3 Å². The molecule has 1 nitrogen and oxygen atoms in total. The van der Waals surface area contributed by atoms with Crippen molar-refractivity contribution < 1.29 is 4.48 Å². The molecule has 1 aliphatic carbocycles. The molecule has 0 aromatic carbocycles. The van der Waals surface area contributed by atoms with Crippen molar-refractivity contribution in [1.82, 2.24) is 0 Å². The highest BCUT2D eigenvalue weighted by Gasteiger charge is 2.45. The van der Waals surface area contributed by atoms with Gasteiger partial charge < -0.3 is 4.48 Å². The molecule has 2 atom stereocenters. The minimum absolute atomic E-state index is 1.02. The first-order valence-electron chi connectivity index (χ1n) is 4.01. The Morgan fingerprint density at radius 3 is 2.22 bits per heavy atom. The highest BCUT2D eigenvalue weighted by atomic mass is 15.4. The average molecular weight is 126 g/mol. The molecule has 52 valence electrons. The largest absolute Gasteiger partial charge is 0.326 e. The molecular weight excluding hydrogens is 110 g/mol. The molecule has 0 aromatic rings. The summed E-state index contributed by atoms with van der Waals surface area (Å²) in [5.41, 5.74) is 0. The number of fused-ring (bicyclic) bond motifs is 2. The van der Waals surface area contributed by atoms with E-state index in [2.05, 4.69) is 14.1 Å². The Labute approximate surface area is 57.3 Å². The van der Waals surface area contributed by atoms with Crippen LogP contribution in [0.5, 0.6) is 0 Å². The van der Waals surface area contributed by atoms with Gasteiger partial charge in [0.2, 0.25) is 0 Å². The molecule has 2 rings (SSSR count). The lowest BCUT2D eigenvalue weighted by molar-refractivity contribution is -0.907. The van der Waals surface area contributed by atoms with E-state index in [1.165, 1.54) is 30.3 Å². The van der Waals surface area contributed by atoms with Gasteiger partial charge >= 0.3 is 0 Å². The number of piperidine rings is 1. The molecule has 0 aromatic heterocycles. The van der Waals surface area contributed by atoms with E-state index >= 15 is 0 Å². The zero-order valence-corrected chi connectivity index (χ0v) is 6.43. The molecule has 1 unspecified atom stereocenters. The number of rotatable bonds is 0. The molecule has 2 bridgehead atoms. The lowest BCUT2D eigenvalue weighted by atomic mass is 10.1. The molecule has 2 fully saturated rings. The third-order valence-electron chi connectivity index (χ3n) is 3.23. The second-order valence-electron chi connectivity index (χ2n) is 4.29. The third kappa shape index (κ3) is 0.710. The molecule has 1 aliphatic heterocycles. The minimum atomic E-state index is 1.02. The van der Waals surface area contributed by atoms with Crippen LogP contribution in [0, 0.1) is 5.92 Å². The third-order valence-corrected chi connectivity index (χ3v) is 3.23. The zero-order chi connectivity index (χ0) is 6.48. The normalized spacial score (nSPS) is 46.0.